The number of hydrogen-bond acceptors (Lipinski definition) is 7. The first-order chi connectivity index (χ1) is 22.0. The number of para-hydroxylation sites is 3. The van der Waals surface area contributed by atoms with Crippen molar-refractivity contribution >= 4 is 17.1 Å². The summed E-state index contributed by atoms with van der Waals surface area (Å²) in [7, 11) is 0. The average molecular weight is 798 g/mol. The van der Waals surface area contributed by atoms with Gasteiger partial charge in [-0.15, -0.1) is 17.4 Å². The van der Waals surface area contributed by atoms with Gasteiger partial charge in [-0.25, -0.2) is 0 Å². The topological polar surface area (TPSA) is 22.7 Å². The normalized spacial score (nSPS) is 21.4. The van der Waals surface area contributed by atoms with E-state index in [9.17, 15) is 4.39 Å². The van der Waals surface area contributed by atoms with Crippen LogP contribution in [0, 0.1) is 37.4 Å². The molecule has 0 amide bonds. The minimum atomic E-state index is -0.421. The summed E-state index contributed by atoms with van der Waals surface area (Å²) in [5.74, 6) is -0.0818. The molecule has 1 unspecified atom stereocenters. The van der Waals surface area contributed by atoms with Crippen LogP contribution in [0.4, 0.5) is 30.2 Å². The minimum Gasteiger partial charge on any atom is -0.559 e. The van der Waals surface area contributed by atoms with E-state index in [4.69, 9.17) is 0 Å². The molecular formula is C35H30F3IrN7-6. The Balaban J connectivity index is 0.00000338. The van der Waals surface area contributed by atoms with Crippen molar-refractivity contribution in [2.75, 3.05) is 47.4 Å². The van der Waals surface area contributed by atoms with Crippen molar-refractivity contribution in [2.45, 2.75) is 12.6 Å². The summed E-state index contributed by atoms with van der Waals surface area (Å²) in [6.07, 6.45) is 4.85. The monoisotopic (exact) mass is 798 g/mol. The zero-order valence-corrected chi connectivity index (χ0v) is 27.1. The van der Waals surface area contributed by atoms with Crippen molar-refractivity contribution in [3.8, 4) is 0 Å². The third-order valence-electron chi connectivity index (χ3n) is 8.79. The Kier molecular flexibility index (Phi) is 8.40. The molecule has 5 aliphatic heterocycles. The van der Waals surface area contributed by atoms with E-state index in [0.717, 1.165) is 29.8 Å². The maximum absolute atomic E-state index is 15.7. The van der Waals surface area contributed by atoms with Crippen LogP contribution in [0.2, 0.25) is 0 Å². The number of halogens is 3. The van der Waals surface area contributed by atoms with Crippen LogP contribution in [0.3, 0.4) is 0 Å². The molecule has 0 aliphatic carbocycles. The van der Waals surface area contributed by atoms with Crippen LogP contribution in [0.5, 0.6) is 0 Å². The fourth-order valence-electron chi connectivity index (χ4n) is 6.68. The Morgan fingerprint density at radius 1 is 0.739 bits per heavy atom. The minimum absolute atomic E-state index is 0. The maximum Gasteiger partial charge on any atom is 0.198 e. The van der Waals surface area contributed by atoms with Gasteiger partial charge in [-0.1, -0.05) is 17.8 Å². The van der Waals surface area contributed by atoms with Gasteiger partial charge in [0.1, 0.15) is 0 Å². The smallest absolute Gasteiger partial charge is 0.198 e. The zero-order chi connectivity index (χ0) is 30.5. The van der Waals surface area contributed by atoms with Gasteiger partial charge in [0, 0.05) is 58.7 Å². The fraction of sp³-hybridized carbons (Fsp3) is 0.200. The second-order valence-corrected chi connectivity index (χ2v) is 11.4. The number of nitrogens with zero attached hydrogens (tertiary/aromatic N) is 7. The summed E-state index contributed by atoms with van der Waals surface area (Å²) in [5, 5.41) is 0. The number of anilines is 3. The molecule has 0 saturated carbocycles. The molecule has 5 aliphatic rings. The van der Waals surface area contributed by atoms with Gasteiger partial charge in [0.15, 0.2) is 17.9 Å². The van der Waals surface area contributed by atoms with E-state index < -0.39 is 5.95 Å². The van der Waals surface area contributed by atoms with Gasteiger partial charge in [0.2, 0.25) is 0 Å². The summed E-state index contributed by atoms with van der Waals surface area (Å²) in [6, 6.07) is 29.3. The van der Waals surface area contributed by atoms with Crippen LogP contribution < -0.4 is 14.7 Å². The Hall–Kier alpha value is -4.05. The third kappa shape index (κ3) is 5.40. The van der Waals surface area contributed by atoms with Crippen molar-refractivity contribution in [1.29, 1.82) is 0 Å². The van der Waals surface area contributed by atoms with Gasteiger partial charge in [-0.3, -0.25) is 12.0 Å². The number of hydrogen-bond donors (Lipinski definition) is 0. The molecule has 8 rings (SSSR count). The van der Waals surface area contributed by atoms with E-state index in [1.165, 1.54) is 22.2 Å². The predicted molar refractivity (Wildman–Crippen MR) is 166 cm³/mol. The first-order valence-corrected chi connectivity index (χ1v) is 15.0. The second-order valence-electron chi connectivity index (χ2n) is 11.4. The van der Waals surface area contributed by atoms with Crippen LogP contribution in [0.15, 0.2) is 109 Å². The molecule has 1 fully saturated rings. The van der Waals surface area contributed by atoms with E-state index in [1.54, 1.807) is 36.6 Å². The van der Waals surface area contributed by atoms with Gasteiger partial charge in [0.05, 0.1) is 6.20 Å². The molecule has 7 nitrogen and oxygen atoms in total. The summed E-state index contributed by atoms with van der Waals surface area (Å²) in [6.45, 7) is 6.78. The summed E-state index contributed by atoms with van der Waals surface area (Å²) >= 11 is 0. The van der Waals surface area contributed by atoms with Crippen LogP contribution in [-0.2, 0) is 20.1 Å². The molecule has 0 N–H and O–H groups in total. The van der Waals surface area contributed by atoms with Crippen molar-refractivity contribution < 1.29 is 33.3 Å². The molecular weight excluding hydrogens is 768 g/mol. The maximum atomic E-state index is 15.7. The first-order valence-electron chi connectivity index (χ1n) is 15.0. The Morgan fingerprint density at radius 2 is 1.43 bits per heavy atom. The van der Waals surface area contributed by atoms with Crippen molar-refractivity contribution in [1.82, 2.24) is 19.6 Å². The fourth-order valence-corrected chi connectivity index (χ4v) is 6.68. The summed E-state index contributed by atoms with van der Waals surface area (Å²) < 4.78 is 45.9. The average Bonchev–Trinajstić information content (AvgIpc) is 3.74. The molecule has 3 aromatic rings. The van der Waals surface area contributed by atoms with Crippen LogP contribution in [0.25, 0.3) is 0 Å². The standard InChI is InChI=1S/C35H30F3N7.Ir/c36-31-21-40(24-43(31)26-9-3-1-4-10-26)18-17-39-16-15-29-34(42-22-32(37)44(25-42)27-11-5-2-6-12-27)28-13-7-8-14-30(28)45-33(38)23-41(20-19-39)35(29)45;/h1-9,11,13-14,21-25,35H,15-20H2;/q-6;. The molecule has 1 saturated heterocycles. The Morgan fingerprint density at radius 3 is 2.17 bits per heavy atom. The third-order valence-corrected chi connectivity index (χ3v) is 8.79. The Bertz CT molecular complexity index is 1640. The van der Waals surface area contributed by atoms with Gasteiger partial charge < -0.3 is 34.3 Å². The van der Waals surface area contributed by atoms with E-state index in [2.05, 4.69) is 17.0 Å². The van der Waals surface area contributed by atoms with Crippen LogP contribution >= 0.6 is 0 Å². The molecule has 0 bridgehead atoms. The summed E-state index contributed by atoms with van der Waals surface area (Å²) in [4.78, 5) is 12.7. The Labute approximate surface area is 281 Å². The van der Waals surface area contributed by atoms with Gasteiger partial charge in [-0.2, -0.15) is 105 Å². The van der Waals surface area contributed by atoms with Gasteiger partial charge >= 0.3 is 0 Å². The van der Waals surface area contributed by atoms with E-state index >= 15 is 8.78 Å². The van der Waals surface area contributed by atoms with Crippen molar-refractivity contribution in [3.05, 3.63) is 152 Å². The van der Waals surface area contributed by atoms with Crippen LogP contribution in [-0.4, -0.2) is 58.5 Å². The van der Waals surface area contributed by atoms with E-state index in [-0.39, 0.29) is 38.2 Å². The SMILES string of the molecule is FC1=CN(CCN2CC[C-]3[C-](N4C=C(F)N(c5[c-]cccc5)[CH-]4)c4ccccc4N4C(F)=CN(CC2)C34)[CH-]N1c1[c-]cccc1.[Ir]. The molecule has 1 radical (unpaired) electrons. The molecule has 5 heterocycles. The quantitative estimate of drug-likeness (QED) is 0.220. The largest absolute Gasteiger partial charge is 0.559 e. The molecule has 241 valence electrons. The van der Waals surface area contributed by atoms with Gasteiger partial charge in [-0.05, 0) is 12.7 Å². The molecule has 1 atom stereocenters. The molecule has 46 heavy (non-hydrogen) atoms. The molecule has 11 heteroatoms. The van der Waals surface area contributed by atoms with Crippen molar-refractivity contribution in [3.63, 3.8) is 0 Å². The zero-order valence-electron chi connectivity index (χ0n) is 24.7. The number of fused-ring (bicyclic) bond motifs is 2. The van der Waals surface area contributed by atoms with Gasteiger partial charge in [0.25, 0.3) is 0 Å². The molecule has 3 aromatic carbocycles. The number of benzene rings is 3. The van der Waals surface area contributed by atoms with Crippen LogP contribution in [0.1, 0.15) is 12.0 Å². The van der Waals surface area contributed by atoms with E-state index in [1.807, 2.05) is 75.4 Å². The summed E-state index contributed by atoms with van der Waals surface area (Å²) in [5.41, 5.74) is 2.83. The second kappa shape index (κ2) is 12.6. The number of rotatable bonds is 6. The van der Waals surface area contributed by atoms with Crippen molar-refractivity contribution in [2.24, 2.45) is 0 Å². The predicted octanol–water partition coefficient (Wildman–Crippen LogP) is 6.09. The first kappa shape index (κ1) is 30.6. The molecule has 0 spiro atoms. The van der Waals surface area contributed by atoms with E-state index in [0.29, 0.717) is 44.0 Å². The molecule has 0 aromatic heterocycles.